The first-order valence-corrected chi connectivity index (χ1v) is 10.2. The Morgan fingerprint density at radius 3 is 2.63 bits per heavy atom. The largest absolute Gasteiger partial charge is 0.490 e. The number of carbonyl (C=O) groups excluding carboxylic acids is 1. The van der Waals surface area contributed by atoms with Gasteiger partial charge in [0.1, 0.15) is 0 Å². The van der Waals surface area contributed by atoms with Crippen molar-refractivity contribution >= 4 is 33.2 Å². The molecule has 0 saturated heterocycles. The predicted octanol–water partition coefficient (Wildman–Crippen LogP) is 2.81. The molecule has 1 amide bonds. The lowest BCUT2D eigenvalue weighted by atomic mass is 10.3. The van der Waals surface area contributed by atoms with E-state index in [1.54, 1.807) is 30.3 Å². The molecule has 3 rings (SSSR count). The Bertz CT molecular complexity index is 933. The first-order chi connectivity index (χ1) is 12.9. The van der Waals surface area contributed by atoms with E-state index in [1.165, 1.54) is 12.1 Å². The van der Waals surface area contributed by atoms with Gasteiger partial charge in [0.15, 0.2) is 11.5 Å². The number of ether oxygens (including phenoxy) is 2. The van der Waals surface area contributed by atoms with Crippen molar-refractivity contribution in [3.05, 3.63) is 47.5 Å². The molecule has 144 valence electrons. The molecule has 0 radical (unpaired) electrons. The molecule has 2 aromatic carbocycles. The van der Waals surface area contributed by atoms with Gasteiger partial charge in [-0.1, -0.05) is 17.7 Å². The van der Waals surface area contributed by atoms with Crippen LogP contribution in [-0.2, 0) is 14.8 Å². The minimum absolute atomic E-state index is 0.0176. The number of anilines is 1. The number of halogens is 1. The lowest BCUT2D eigenvalue weighted by Gasteiger charge is -2.11. The molecule has 1 aliphatic rings. The Morgan fingerprint density at radius 1 is 1.07 bits per heavy atom. The van der Waals surface area contributed by atoms with Crippen LogP contribution in [0.3, 0.4) is 0 Å². The summed E-state index contributed by atoms with van der Waals surface area (Å²) >= 11 is 5.86. The number of rotatable bonds is 6. The Balaban J connectivity index is 1.57. The van der Waals surface area contributed by atoms with Gasteiger partial charge in [-0.2, -0.15) is 0 Å². The second kappa shape index (κ2) is 8.60. The molecule has 2 N–H and O–H groups in total. The first kappa shape index (κ1) is 19.5. The lowest BCUT2D eigenvalue weighted by Crippen LogP contribution is -2.27. The molecule has 2 aromatic rings. The number of hydrogen-bond donors (Lipinski definition) is 2. The van der Waals surface area contributed by atoms with Crippen molar-refractivity contribution in [1.29, 1.82) is 0 Å². The molecule has 0 saturated carbocycles. The van der Waals surface area contributed by atoms with Crippen LogP contribution in [0.5, 0.6) is 11.5 Å². The molecule has 7 nitrogen and oxygen atoms in total. The number of fused-ring (bicyclic) bond motifs is 1. The fourth-order valence-electron chi connectivity index (χ4n) is 2.48. The van der Waals surface area contributed by atoms with Gasteiger partial charge in [-0.05, 0) is 30.3 Å². The van der Waals surface area contributed by atoms with Gasteiger partial charge < -0.3 is 14.8 Å². The highest BCUT2D eigenvalue weighted by Gasteiger charge is 2.19. The zero-order chi connectivity index (χ0) is 19.3. The van der Waals surface area contributed by atoms with Gasteiger partial charge in [0.25, 0.3) is 0 Å². The molecule has 0 fully saturated rings. The van der Waals surface area contributed by atoms with Crippen molar-refractivity contribution in [2.45, 2.75) is 17.7 Å². The van der Waals surface area contributed by atoms with E-state index in [1.807, 2.05) is 0 Å². The highest BCUT2D eigenvalue weighted by molar-refractivity contribution is 7.89. The molecule has 0 atom stereocenters. The SMILES string of the molecule is O=C(CCNS(=O)(=O)c1ccc2c(c1)OCCCO2)Nc1cccc(Cl)c1. The van der Waals surface area contributed by atoms with Crippen molar-refractivity contribution in [1.82, 2.24) is 4.72 Å². The van der Waals surface area contributed by atoms with Crippen LogP contribution in [0.1, 0.15) is 12.8 Å². The Labute approximate surface area is 162 Å². The Morgan fingerprint density at radius 2 is 1.85 bits per heavy atom. The maximum absolute atomic E-state index is 12.4. The smallest absolute Gasteiger partial charge is 0.240 e. The minimum atomic E-state index is -3.77. The molecule has 9 heteroatoms. The van der Waals surface area contributed by atoms with E-state index in [2.05, 4.69) is 10.0 Å². The quantitative estimate of drug-likeness (QED) is 0.763. The number of amides is 1. The normalized spacial score (nSPS) is 13.7. The van der Waals surface area contributed by atoms with Gasteiger partial charge in [0, 0.05) is 36.2 Å². The fraction of sp³-hybridized carbons (Fsp3) is 0.278. The van der Waals surface area contributed by atoms with Crippen LogP contribution in [0.15, 0.2) is 47.4 Å². The van der Waals surface area contributed by atoms with E-state index >= 15 is 0 Å². The third-order valence-corrected chi connectivity index (χ3v) is 5.48. The van der Waals surface area contributed by atoms with Gasteiger partial charge in [-0.25, -0.2) is 13.1 Å². The summed E-state index contributed by atoms with van der Waals surface area (Å²) in [6.07, 6.45) is 0.715. The molecule has 1 heterocycles. The van der Waals surface area contributed by atoms with E-state index < -0.39 is 10.0 Å². The second-order valence-corrected chi connectivity index (χ2v) is 8.07. The Hall–Kier alpha value is -2.29. The summed E-state index contributed by atoms with van der Waals surface area (Å²) in [5, 5.41) is 3.16. The summed E-state index contributed by atoms with van der Waals surface area (Å²) in [5.41, 5.74) is 0.554. The van der Waals surface area contributed by atoms with Crippen LogP contribution >= 0.6 is 11.6 Å². The van der Waals surface area contributed by atoms with Crippen LogP contribution < -0.4 is 19.5 Å². The van der Waals surface area contributed by atoms with Crippen LogP contribution in [-0.4, -0.2) is 34.1 Å². The summed E-state index contributed by atoms with van der Waals surface area (Å²) in [7, 11) is -3.77. The molecule has 27 heavy (non-hydrogen) atoms. The van der Waals surface area contributed by atoms with Crippen molar-refractivity contribution < 1.29 is 22.7 Å². The van der Waals surface area contributed by atoms with Crippen molar-refractivity contribution in [3.8, 4) is 11.5 Å². The molecule has 0 bridgehead atoms. The highest BCUT2D eigenvalue weighted by Crippen LogP contribution is 2.31. The molecular weight excluding hydrogens is 392 g/mol. The predicted molar refractivity (Wildman–Crippen MR) is 102 cm³/mol. The van der Waals surface area contributed by atoms with E-state index in [0.717, 1.165) is 6.42 Å². The fourth-order valence-corrected chi connectivity index (χ4v) is 3.72. The van der Waals surface area contributed by atoms with Gasteiger partial charge in [0.2, 0.25) is 15.9 Å². The summed E-state index contributed by atoms with van der Waals surface area (Å²) in [6, 6.07) is 11.2. The molecule has 0 spiro atoms. The van der Waals surface area contributed by atoms with Crippen molar-refractivity contribution in [2.75, 3.05) is 25.1 Å². The standard InChI is InChI=1S/C18H19ClN2O5S/c19-13-3-1-4-14(11-13)21-18(22)7-8-20-27(23,24)15-5-6-16-17(12-15)26-10-2-9-25-16/h1,3-6,11-12,20H,2,7-10H2,(H,21,22). The van der Waals surface area contributed by atoms with Crippen molar-refractivity contribution in [3.63, 3.8) is 0 Å². The highest BCUT2D eigenvalue weighted by atomic mass is 35.5. The van der Waals surface area contributed by atoms with Gasteiger partial charge in [0.05, 0.1) is 18.1 Å². The average Bonchev–Trinajstić information content (AvgIpc) is 2.86. The molecule has 0 aliphatic carbocycles. The maximum Gasteiger partial charge on any atom is 0.240 e. The number of benzene rings is 2. The third-order valence-electron chi connectivity index (χ3n) is 3.78. The van der Waals surface area contributed by atoms with Gasteiger partial charge in [-0.3, -0.25) is 4.79 Å². The topological polar surface area (TPSA) is 93.7 Å². The minimum Gasteiger partial charge on any atom is -0.490 e. The van der Waals surface area contributed by atoms with Crippen LogP contribution in [0.25, 0.3) is 0 Å². The molecule has 0 unspecified atom stereocenters. The summed E-state index contributed by atoms with van der Waals surface area (Å²) in [6.45, 7) is 0.954. The van der Waals surface area contributed by atoms with Gasteiger partial charge in [-0.15, -0.1) is 0 Å². The average molecular weight is 411 g/mol. The number of hydrogen-bond acceptors (Lipinski definition) is 5. The summed E-state index contributed by atoms with van der Waals surface area (Å²) in [4.78, 5) is 12.0. The first-order valence-electron chi connectivity index (χ1n) is 8.39. The third kappa shape index (κ3) is 5.35. The molecular formula is C18H19ClN2O5S. The number of carbonyl (C=O) groups is 1. The monoisotopic (exact) mass is 410 g/mol. The Kier molecular flexibility index (Phi) is 6.20. The van der Waals surface area contributed by atoms with Gasteiger partial charge >= 0.3 is 0 Å². The zero-order valence-corrected chi connectivity index (χ0v) is 16.0. The zero-order valence-electron chi connectivity index (χ0n) is 14.4. The van der Waals surface area contributed by atoms with Crippen molar-refractivity contribution in [2.24, 2.45) is 0 Å². The van der Waals surface area contributed by atoms with E-state index in [4.69, 9.17) is 21.1 Å². The summed E-state index contributed by atoms with van der Waals surface area (Å²) < 4.78 is 38.3. The van der Waals surface area contributed by atoms with E-state index in [9.17, 15) is 13.2 Å². The molecule has 0 aromatic heterocycles. The van der Waals surface area contributed by atoms with E-state index in [-0.39, 0.29) is 23.8 Å². The molecule has 1 aliphatic heterocycles. The lowest BCUT2D eigenvalue weighted by molar-refractivity contribution is -0.116. The second-order valence-electron chi connectivity index (χ2n) is 5.87. The number of nitrogens with one attached hydrogen (secondary N) is 2. The maximum atomic E-state index is 12.4. The van der Waals surface area contributed by atoms with Crippen LogP contribution in [0.4, 0.5) is 5.69 Å². The van der Waals surface area contributed by atoms with Crippen LogP contribution in [0, 0.1) is 0 Å². The summed E-state index contributed by atoms with van der Waals surface area (Å²) in [5.74, 6) is 0.597. The number of sulfonamides is 1. The van der Waals surface area contributed by atoms with Crippen LogP contribution in [0.2, 0.25) is 5.02 Å². The van der Waals surface area contributed by atoms with E-state index in [0.29, 0.717) is 35.4 Å².